The molecular formula is C26H15Cl3FN3O3. The molecule has 1 unspecified atom stereocenters. The highest BCUT2D eigenvalue weighted by Gasteiger charge is 2.25. The highest BCUT2D eigenvalue weighted by molar-refractivity contribution is 6.39. The van der Waals surface area contributed by atoms with Crippen LogP contribution >= 0.6 is 34.8 Å². The van der Waals surface area contributed by atoms with Crippen LogP contribution in [0.5, 0.6) is 0 Å². The van der Waals surface area contributed by atoms with Crippen molar-refractivity contribution in [3.05, 3.63) is 98.4 Å². The van der Waals surface area contributed by atoms with Crippen LogP contribution in [0.2, 0.25) is 15.1 Å². The van der Waals surface area contributed by atoms with Gasteiger partial charge in [-0.3, -0.25) is 9.78 Å². The quantitative estimate of drug-likeness (QED) is 0.298. The maximum absolute atomic E-state index is 13.5. The van der Waals surface area contributed by atoms with E-state index in [1.54, 1.807) is 48.7 Å². The number of carboxylic acids is 1. The first-order chi connectivity index (χ1) is 17.2. The van der Waals surface area contributed by atoms with Gasteiger partial charge in [-0.1, -0.05) is 59.1 Å². The van der Waals surface area contributed by atoms with Gasteiger partial charge in [-0.05, 0) is 35.9 Å². The van der Waals surface area contributed by atoms with E-state index in [1.807, 2.05) is 6.07 Å². The van der Waals surface area contributed by atoms with E-state index in [4.69, 9.17) is 40.1 Å². The molecule has 6 nitrogen and oxygen atoms in total. The number of halogens is 4. The van der Waals surface area contributed by atoms with Crippen LogP contribution in [0.3, 0.4) is 0 Å². The summed E-state index contributed by atoms with van der Waals surface area (Å²) in [5, 5.41) is 21.9. The van der Waals surface area contributed by atoms with Crippen molar-refractivity contribution in [3.63, 3.8) is 0 Å². The van der Waals surface area contributed by atoms with E-state index >= 15 is 0 Å². The number of aromatic nitrogens is 1. The minimum atomic E-state index is -1.34. The Morgan fingerprint density at radius 2 is 1.72 bits per heavy atom. The summed E-state index contributed by atoms with van der Waals surface area (Å²) in [6.45, 7) is 0. The number of fused-ring (bicyclic) bond motifs is 1. The Morgan fingerprint density at radius 1 is 1.03 bits per heavy atom. The Bertz CT molecular complexity index is 1550. The zero-order valence-corrected chi connectivity index (χ0v) is 20.5. The number of hydrogen-bond donors (Lipinski definition) is 2. The Hall–Kier alpha value is -3.70. The monoisotopic (exact) mass is 541 g/mol. The van der Waals surface area contributed by atoms with E-state index in [9.17, 15) is 19.1 Å². The molecule has 180 valence electrons. The van der Waals surface area contributed by atoms with E-state index in [2.05, 4.69) is 10.3 Å². The van der Waals surface area contributed by atoms with Gasteiger partial charge in [0.15, 0.2) is 0 Å². The average molecular weight is 543 g/mol. The molecular weight excluding hydrogens is 528 g/mol. The summed E-state index contributed by atoms with van der Waals surface area (Å²) in [4.78, 5) is 29.3. The highest BCUT2D eigenvalue weighted by atomic mass is 35.5. The third-order valence-electron chi connectivity index (χ3n) is 5.51. The summed E-state index contributed by atoms with van der Waals surface area (Å²) in [5.41, 5.74) is 2.74. The van der Waals surface area contributed by atoms with Gasteiger partial charge in [-0.15, -0.1) is 0 Å². The number of carbonyl (C=O) groups is 2. The van der Waals surface area contributed by atoms with Crippen molar-refractivity contribution in [2.45, 2.75) is 12.5 Å². The molecule has 4 rings (SSSR count). The van der Waals surface area contributed by atoms with E-state index < -0.39 is 23.7 Å². The molecule has 0 aliphatic carbocycles. The molecule has 2 N–H and O–H groups in total. The lowest BCUT2D eigenvalue weighted by Crippen LogP contribution is -2.42. The largest absolute Gasteiger partial charge is 0.480 e. The zero-order chi connectivity index (χ0) is 26.0. The molecule has 0 bridgehead atoms. The zero-order valence-electron chi connectivity index (χ0n) is 18.2. The predicted octanol–water partition coefficient (Wildman–Crippen LogP) is 6.30. The number of nitrogens with zero attached hydrogens (tertiary/aromatic N) is 2. The van der Waals surface area contributed by atoms with Crippen LogP contribution in [0.4, 0.5) is 4.39 Å². The van der Waals surface area contributed by atoms with Crippen LogP contribution < -0.4 is 5.32 Å². The van der Waals surface area contributed by atoms with Crippen LogP contribution in [0, 0.1) is 17.1 Å². The lowest BCUT2D eigenvalue weighted by Gasteiger charge is -2.18. The summed E-state index contributed by atoms with van der Waals surface area (Å²) in [6, 6.07) is 14.4. The summed E-state index contributed by atoms with van der Waals surface area (Å²) in [6.07, 6.45) is 1.52. The SMILES string of the molecule is N#Cc1ccc(-c2ccc(CC(NC(=O)c3c(Cl)cc(F)cc3Cl)C(=O)O)c3cccnc23)c(Cl)c1. The molecule has 4 aromatic rings. The number of benzene rings is 3. The minimum absolute atomic E-state index is 0.0823. The molecule has 1 heterocycles. The Balaban J connectivity index is 1.70. The van der Waals surface area contributed by atoms with Gasteiger partial charge in [0.2, 0.25) is 0 Å². The highest BCUT2D eigenvalue weighted by Crippen LogP contribution is 2.35. The normalized spacial score (nSPS) is 11.6. The molecule has 0 spiro atoms. The van der Waals surface area contributed by atoms with Gasteiger partial charge in [-0.2, -0.15) is 5.26 Å². The second-order valence-corrected chi connectivity index (χ2v) is 9.01. The van der Waals surface area contributed by atoms with Crippen LogP contribution in [-0.2, 0) is 11.2 Å². The van der Waals surface area contributed by atoms with Gasteiger partial charge >= 0.3 is 5.97 Å². The number of carboxylic acid groups (broad SMARTS) is 1. The van der Waals surface area contributed by atoms with E-state index in [1.165, 1.54) is 0 Å². The number of hydrogen-bond acceptors (Lipinski definition) is 4. The van der Waals surface area contributed by atoms with Crippen LogP contribution in [0.25, 0.3) is 22.0 Å². The van der Waals surface area contributed by atoms with Gasteiger partial charge < -0.3 is 10.4 Å². The van der Waals surface area contributed by atoms with E-state index in [0.29, 0.717) is 38.2 Å². The fourth-order valence-corrected chi connectivity index (χ4v) is 4.75. The van der Waals surface area contributed by atoms with Gasteiger partial charge in [-0.25, -0.2) is 9.18 Å². The summed E-state index contributed by atoms with van der Waals surface area (Å²) < 4.78 is 13.5. The maximum atomic E-state index is 13.5. The van der Waals surface area contributed by atoms with Crippen molar-refractivity contribution < 1.29 is 19.1 Å². The summed E-state index contributed by atoms with van der Waals surface area (Å²) in [5.74, 6) is -2.85. The van der Waals surface area contributed by atoms with Gasteiger partial charge in [0, 0.05) is 34.2 Å². The standard InChI is InChI=1S/C26H15Cl3FN3O3/c27-19-8-13(12-31)3-5-17(19)18-6-4-14(16-2-1-7-32-24(16)18)9-22(26(35)36)33-25(34)23-20(28)10-15(30)11-21(23)29/h1-8,10-11,22H,9H2,(H,33,34)(H,35,36). The maximum Gasteiger partial charge on any atom is 0.326 e. The first-order valence-corrected chi connectivity index (χ1v) is 11.6. The van der Waals surface area contributed by atoms with Crippen molar-refractivity contribution >= 4 is 57.6 Å². The third kappa shape index (κ3) is 5.12. The second kappa shape index (κ2) is 10.5. The molecule has 0 radical (unpaired) electrons. The summed E-state index contributed by atoms with van der Waals surface area (Å²) >= 11 is 18.3. The number of nitriles is 1. The van der Waals surface area contributed by atoms with Crippen molar-refractivity contribution in [3.8, 4) is 17.2 Å². The molecule has 0 aliphatic rings. The third-order valence-corrected chi connectivity index (χ3v) is 6.42. The number of amides is 1. The van der Waals surface area contributed by atoms with Crippen molar-refractivity contribution in [2.24, 2.45) is 0 Å². The number of nitrogens with one attached hydrogen (secondary N) is 1. The van der Waals surface area contributed by atoms with Crippen LogP contribution in [0.15, 0.2) is 60.8 Å². The molecule has 1 atom stereocenters. The first-order valence-electron chi connectivity index (χ1n) is 10.4. The number of carbonyl (C=O) groups excluding carboxylic acids is 1. The molecule has 0 saturated heterocycles. The fraction of sp³-hybridized carbons (Fsp3) is 0.0769. The predicted molar refractivity (Wildman–Crippen MR) is 136 cm³/mol. The lowest BCUT2D eigenvalue weighted by atomic mass is 9.94. The topological polar surface area (TPSA) is 103 Å². The van der Waals surface area contributed by atoms with Crippen molar-refractivity contribution in [1.29, 1.82) is 5.26 Å². The fourth-order valence-electron chi connectivity index (χ4n) is 3.84. The first kappa shape index (κ1) is 25.4. The van der Waals surface area contributed by atoms with Gasteiger partial charge in [0.1, 0.15) is 11.9 Å². The molecule has 10 heteroatoms. The van der Waals surface area contributed by atoms with Crippen LogP contribution in [0.1, 0.15) is 21.5 Å². The Kier molecular flexibility index (Phi) is 7.41. The smallest absolute Gasteiger partial charge is 0.326 e. The molecule has 36 heavy (non-hydrogen) atoms. The van der Waals surface area contributed by atoms with Crippen molar-refractivity contribution in [2.75, 3.05) is 0 Å². The van der Waals surface area contributed by atoms with Gasteiger partial charge in [0.25, 0.3) is 5.91 Å². The lowest BCUT2D eigenvalue weighted by molar-refractivity contribution is -0.139. The number of pyridine rings is 1. The molecule has 1 aromatic heterocycles. The second-order valence-electron chi connectivity index (χ2n) is 7.79. The molecule has 3 aromatic carbocycles. The number of aliphatic carboxylic acids is 1. The average Bonchev–Trinajstić information content (AvgIpc) is 2.83. The van der Waals surface area contributed by atoms with Crippen LogP contribution in [-0.4, -0.2) is 28.0 Å². The molecule has 1 amide bonds. The minimum Gasteiger partial charge on any atom is -0.480 e. The van der Waals surface area contributed by atoms with E-state index in [-0.39, 0.29) is 22.0 Å². The Morgan fingerprint density at radius 3 is 2.36 bits per heavy atom. The molecule has 0 aliphatic heterocycles. The Labute approximate surface area is 219 Å². The summed E-state index contributed by atoms with van der Waals surface area (Å²) in [7, 11) is 0. The number of rotatable bonds is 6. The van der Waals surface area contributed by atoms with Crippen molar-refractivity contribution in [1.82, 2.24) is 10.3 Å². The molecule has 0 saturated carbocycles. The van der Waals surface area contributed by atoms with Gasteiger partial charge in [0.05, 0.1) is 32.8 Å². The molecule has 0 fully saturated rings. The van der Waals surface area contributed by atoms with E-state index in [0.717, 1.165) is 12.1 Å².